The van der Waals surface area contributed by atoms with E-state index in [-0.39, 0.29) is 11.9 Å². The van der Waals surface area contributed by atoms with Crippen LogP contribution >= 0.6 is 23.1 Å². The number of rotatable bonds is 6. The standard InChI is InChI=1S/C18H22N2O3S2/c1-5-23-17(22)16-13(3)20(4)18(25-16)19-15(21)10-11-24-14-8-6-12(2)7-9-14/h6-9H,5,10-11H2,1-4H3. The highest BCUT2D eigenvalue weighted by atomic mass is 32.2. The molecule has 0 atom stereocenters. The first-order chi connectivity index (χ1) is 11.9. The summed E-state index contributed by atoms with van der Waals surface area (Å²) in [7, 11) is 1.79. The largest absolute Gasteiger partial charge is 0.462 e. The molecule has 0 aliphatic rings. The van der Waals surface area contributed by atoms with Crippen LogP contribution in [0, 0.1) is 13.8 Å². The molecule has 7 heteroatoms. The topological polar surface area (TPSA) is 60.7 Å². The van der Waals surface area contributed by atoms with Crippen molar-refractivity contribution in [3.63, 3.8) is 0 Å². The van der Waals surface area contributed by atoms with Gasteiger partial charge >= 0.3 is 5.97 Å². The number of hydrogen-bond acceptors (Lipinski definition) is 5. The predicted octanol–water partition coefficient (Wildman–Crippen LogP) is 3.49. The first-order valence-electron chi connectivity index (χ1n) is 8.03. The van der Waals surface area contributed by atoms with Crippen molar-refractivity contribution in [2.45, 2.75) is 32.1 Å². The molecule has 2 aromatic rings. The number of carbonyl (C=O) groups is 2. The Kier molecular flexibility index (Phi) is 7.01. The number of ether oxygens (including phenoxy) is 1. The van der Waals surface area contributed by atoms with E-state index in [1.165, 1.54) is 16.9 Å². The Labute approximate surface area is 155 Å². The maximum atomic E-state index is 12.1. The molecule has 0 saturated carbocycles. The summed E-state index contributed by atoms with van der Waals surface area (Å²) in [5.74, 6) is 0.112. The van der Waals surface area contributed by atoms with Crippen LogP contribution in [0.5, 0.6) is 0 Å². The molecule has 0 spiro atoms. The second-order valence-corrected chi connectivity index (χ2v) is 7.64. The van der Waals surface area contributed by atoms with E-state index < -0.39 is 0 Å². The maximum absolute atomic E-state index is 12.1. The molecule has 5 nitrogen and oxygen atoms in total. The number of esters is 1. The van der Waals surface area contributed by atoms with Crippen LogP contribution < -0.4 is 4.80 Å². The van der Waals surface area contributed by atoms with Gasteiger partial charge in [-0.1, -0.05) is 29.0 Å². The number of aromatic nitrogens is 1. The molecule has 0 radical (unpaired) electrons. The number of hydrogen-bond donors (Lipinski definition) is 0. The average molecular weight is 379 g/mol. The summed E-state index contributed by atoms with van der Waals surface area (Å²) in [6, 6.07) is 8.21. The van der Waals surface area contributed by atoms with Crippen molar-refractivity contribution in [3.8, 4) is 0 Å². The molecule has 134 valence electrons. The van der Waals surface area contributed by atoms with Crippen molar-refractivity contribution in [1.82, 2.24) is 4.57 Å². The zero-order chi connectivity index (χ0) is 18.4. The van der Waals surface area contributed by atoms with Crippen LogP contribution in [0.3, 0.4) is 0 Å². The lowest BCUT2D eigenvalue weighted by molar-refractivity contribution is -0.117. The van der Waals surface area contributed by atoms with Gasteiger partial charge < -0.3 is 9.30 Å². The van der Waals surface area contributed by atoms with E-state index in [4.69, 9.17) is 4.74 Å². The molecule has 2 rings (SSSR count). The van der Waals surface area contributed by atoms with Gasteiger partial charge in [0.05, 0.1) is 6.61 Å². The second kappa shape index (κ2) is 9.01. The fourth-order valence-corrected chi connectivity index (χ4v) is 3.94. The van der Waals surface area contributed by atoms with Gasteiger partial charge in [-0.25, -0.2) is 4.79 Å². The Morgan fingerprint density at radius 1 is 1.24 bits per heavy atom. The lowest BCUT2D eigenvalue weighted by Gasteiger charge is -2.00. The first kappa shape index (κ1) is 19.5. The van der Waals surface area contributed by atoms with E-state index >= 15 is 0 Å². The van der Waals surface area contributed by atoms with Gasteiger partial charge in [0.1, 0.15) is 4.88 Å². The molecule has 0 bridgehead atoms. The highest BCUT2D eigenvalue weighted by Gasteiger charge is 2.16. The van der Waals surface area contributed by atoms with E-state index in [1.807, 2.05) is 13.8 Å². The fraction of sp³-hybridized carbons (Fsp3) is 0.389. The number of nitrogens with zero attached hydrogens (tertiary/aromatic N) is 2. The van der Waals surface area contributed by atoms with Gasteiger partial charge in [0.2, 0.25) is 5.91 Å². The van der Waals surface area contributed by atoms with Crippen molar-refractivity contribution in [2.75, 3.05) is 12.4 Å². The van der Waals surface area contributed by atoms with Crippen molar-refractivity contribution >= 4 is 35.0 Å². The third-order valence-electron chi connectivity index (χ3n) is 3.60. The number of carbonyl (C=O) groups excluding carboxylic acids is 2. The Morgan fingerprint density at radius 2 is 1.92 bits per heavy atom. The second-order valence-electron chi connectivity index (χ2n) is 5.50. The fourth-order valence-electron chi connectivity index (χ4n) is 2.07. The summed E-state index contributed by atoms with van der Waals surface area (Å²) < 4.78 is 6.78. The van der Waals surface area contributed by atoms with E-state index in [9.17, 15) is 9.59 Å². The summed E-state index contributed by atoms with van der Waals surface area (Å²) in [6.45, 7) is 5.95. The first-order valence-corrected chi connectivity index (χ1v) is 9.83. The monoisotopic (exact) mass is 378 g/mol. The van der Waals surface area contributed by atoms with Crippen LogP contribution in [0.4, 0.5) is 0 Å². The molecule has 25 heavy (non-hydrogen) atoms. The lowest BCUT2D eigenvalue weighted by atomic mass is 10.2. The van der Waals surface area contributed by atoms with Crippen LogP contribution in [0.1, 0.15) is 34.3 Å². The zero-order valence-electron chi connectivity index (χ0n) is 14.9. The van der Waals surface area contributed by atoms with Crippen LogP contribution in [-0.4, -0.2) is 28.8 Å². The molecule has 0 saturated heterocycles. The van der Waals surface area contributed by atoms with Crippen LogP contribution in [0.25, 0.3) is 0 Å². The van der Waals surface area contributed by atoms with Gasteiger partial charge in [0.25, 0.3) is 0 Å². The maximum Gasteiger partial charge on any atom is 0.350 e. The highest BCUT2D eigenvalue weighted by Crippen LogP contribution is 2.19. The minimum Gasteiger partial charge on any atom is -0.462 e. The number of thioether (sulfide) groups is 1. The molecule has 0 aliphatic carbocycles. The van der Waals surface area contributed by atoms with Crippen LogP contribution in [0.15, 0.2) is 34.2 Å². The molecular formula is C18H22N2O3S2. The number of aryl methyl sites for hydroxylation is 1. The van der Waals surface area contributed by atoms with Crippen LogP contribution in [0.2, 0.25) is 0 Å². The molecule has 0 unspecified atom stereocenters. The zero-order valence-corrected chi connectivity index (χ0v) is 16.5. The van der Waals surface area contributed by atoms with Crippen molar-refractivity contribution in [2.24, 2.45) is 12.0 Å². The summed E-state index contributed by atoms with van der Waals surface area (Å²) in [4.78, 5) is 30.3. The molecule has 0 N–H and O–H groups in total. The van der Waals surface area contributed by atoms with Gasteiger partial charge in [-0.05, 0) is 32.9 Å². The molecule has 1 heterocycles. The van der Waals surface area contributed by atoms with E-state index in [1.54, 1.807) is 30.3 Å². The predicted molar refractivity (Wildman–Crippen MR) is 101 cm³/mol. The normalized spacial score (nSPS) is 11.6. The van der Waals surface area contributed by atoms with Gasteiger partial charge in [-0.3, -0.25) is 4.79 Å². The minimum absolute atomic E-state index is 0.188. The molecular weight excluding hydrogens is 356 g/mol. The summed E-state index contributed by atoms with van der Waals surface area (Å²) in [5, 5.41) is 0. The number of amides is 1. The minimum atomic E-state index is -0.371. The summed E-state index contributed by atoms with van der Waals surface area (Å²) >= 11 is 2.82. The Hall–Kier alpha value is -1.86. The van der Waals surface area contributed by atoms with Crippen LogP contribution in [-0.2, 0) is 16.6 Å². The third-order valence-corrected chi connectivity index (χ3v) is 5.83. The Morgan fingerprint density at radius 3 is 2.56 bits per heavy atom. The summed E-state index contributed by atoms with van der Waals surface area (Å²) in [6.07, 6.45) is 0.351. The molecule has 0 aliphatic heterocycles. The van der Waals surface area contributed by atoms with E-state index in [0.717, 1.165) is 10.6 Å². The molecule has 1 aromatic carbocycles. The number of thiazole rings is 1. The third kappa shape index (κ3) is 5.31. The lowest BCUT2D eigenvalue weighted by Crippen LogP contribution is -2.14. The highest BCUT2D eigenvalue weighted by molar-refractivity contribution is 7.99. The SMILES string of the molecule is CCOC(=O)c1sc(=NC(=O)CCSc2ccc(C)cc2)n(C)c1C. The Balaban J connectivity index is 2.01. The Bertz CT molecular complexity index is 820. The van der Waals surface area contributed by atoms with Gasteiger partial charge in [-0.15, -0.1) is 11.8 Å². The van der Waals surface area contributed by atoms with Crippen molar-refractivity contribution in [1.29, 1.82) is 0 Å². The smallest absolute Gasteiger partial charge is 0.350 e. The number of benzene rings is 1. The quantitative estimate of drug-likeness (QED) is 0.570. The molecule has 1 amide bonds. The van der Waals surface area contributed by atoms with E-state index in [0.29, 0.717) is 28.5 Å². The molecule has 1 aromatic heterocycles. The van der Waals surface area contributed by atoms with Gasteiger partial charge in [0, 0.05) is 29.8 Å². The van der Waals surface area contributed by atoms with Gasteiger partial charge in [-0.2, -0.15) is 4.99 Å². The average Bonchev–Trinajstić information content (AvgIpc) is 2.85. The van der Waals surface area contributed by atoms with Crippen molar-refractivity contribution < 1.29 is 14.3 Å². The van der Waals surface area contributed by atoms with Gasteiger partial charge in [0.15, 0.2) is 4.80 Å². The molecule has 0 fully saturated rings. The van der Waals surface area contributed by atoms with E-state index in [2.05, 4.69) is 29.3 Å². The van der Waals surface area contributed by atoms with Crippen molar-refractivity contribution in [3.05, 3.63) is 45.2 Å². The summed E-state index contributed by atoms with van der Waals surface area (Å²) in [5.41, 5.74) is 1.97.